The SMILES string of the molecule is C[C@]1(C(=O)CNc2ccc(Cl)cc2C(=O)c2cccs2)CCCN1Cc1ccc(Cl)c(Cl)c1. The number of thiophene rings is 1. The van der Waals surface area contributed by atoms with Gasteiger partial charge in [0, 0.05) is 22.8 Å². The maximum absolute atomic E-state index is 13.4. The first-order valence-corrected chi connectivity index (χ1v) is 12.6. The molecule has 172 valence electrons. The fourth-order valence-electron chi connectivity index (χ4n) is 4.21. The minimum Gasteiger partial charge on any atom is -0.377 e. The number of rotatable bonds is 8. The smallest absolute Gasteiger partial charge is 0.205 e. The van der Waals surface area contributed by atoms with E-state index >= 15 is 0 Å². The lowest BCUT2D eigenvalue weighted by atomic mass is 9.92. The molecule has 4 rings (SSSR count). The maximum atomic E-state index is 13.4. The molecule has 0 unspecified atom stereocenters. The molecule has 1 N–H and O–H groups in total. The third kappa shape index (κ3) is 5.28. The zero-order chi connectivity index (χ0) is 23.6. The Morgan fingerprint density at radius 2 is 1.91 bits per heavy atom. The Bertz CT molecular complexity index is 1180. The van der Waals surface area contributed by atoms with E-state index in [9.17, 15) is 9.59 Å². The minimum atomic E-state index is -0.608. The summed E-state index contributed by atoms with van der Waals surface area (Å²) in [7, 11) is 0. The molecule has 0 saturated carbocycles. The normalized spacial score (nSPS) is 18.4. The second kappa shape index (κ2) is 10.2. The van der Waals surface area contributed by atoms with Gasteiger partial charge in [0.2, 0.25) is 5.78 Å². The van der Waals surface area contributed by atoms with Crippen molar-refractivity contribution in [1.82, 2.24) is 4.90 Å². The number of benzene rings is 2. The molecular formula is C25H23Cl3N2O2S. The van der Waals surface area contributed by atoms with Gasteiger partial charge in [-0.25, -0.2) is 0 Å². The lowest BCUT2D eigenvalue weighted by molar-refractivity contribution is -0.127. The van der Waals surface area contributed by atoms with Gasteiger partial charge in [0.05, 0.1) is 27.0 Å². The first-order chi connectivity index (χ1) is 15.8. The highest BCUT2D eigenvalue weighted by Gasteiger charge is 2.42. The van der Waals surface area contributed by atoms with E-state index < -0.39 is 5.54 Å². The Kier molecular flexibility index (Phi) is 7.46. The van der Waals surface area contributed by atoms with Gasteiger partial charge in [0.1, 0.15) is 0 Å². The van der Waals surface area contributed by atoms with E-state index in [-0.39, 0.29) is 18.1 Å². The highest BCUT2D eigenvalue weighted by Crippen LogP contribution is 2.33. The van der Waals surface area contributed by atoms with Gasteiger partial charge in [-0.3, -0.25) is 14.5 Å². The van der Waals surface area contributed by atoms with Crippen molar-refractivity contribution >= 4 is 63.4 Å². The molecule has 4 nitrogen and oxygen atoms in total. The topological polar surface area (TPSA) is 49.4 Å². The molecule has 3 aromatic rings. The van der Waals surface area contributed by atoms with Gasteiger partial charge in [-0.05, 0) is 73.7 Å². The second-order valence-corrected chi connectivity index (χ2v) is 10.5. The summed E-state index contributed by atoms with van der Waals surface area (Å²) in [5, 5.41) is 6.55. The number of likely N-dealkylation sites (tertiary alicyclic amines) is 1. The van der Waals surface area contributed by atoms with E-state index in [1.54, 1.807) is 30.3 Å². The molecule has 2 aromatic carbocycles. The number of carbonyl (C=O) groups excluding carboxylic acids is 2. The molecule has 0 aliphatic carbocycles. The molecule has 0 amide bonds. The number of halogens is 3. The van der Waals surface area contributed by atoms with E-state index in [1.165, 1.54) is 11.3 Å². The van der Waals surface area contributed by atoms with Gasteiger partial charge in [-0.1, -0.05) is 46.9 Å². The number of nitrogens with zero attached hydrogens (tertiary/aromatic N) is 1. The van der Waals surface area contributed by atoms with Crippen molar-refractivity contribution in [3.8, 4) is 0 Å². The molecule has 1 saturated heterocycles. The standard InChI is InChI=1S/C25H23Cl3N2O2S/c1-25(9-3-10-30(25)15-16-5-7-19(27)20(28)12-16)23(31)14-29-21-8-6-17(26)13-18(21)24(32)22-4-2-11-33-22/h2,4-8,11-13,29H,3,9-10,14-15H2,1H3/t25-/m1/s1. The quantitative estimate of drug-likeness (QED) is 0.325. The average Bonchev–Trinajstić information content (AvgIpc) is 3.46. The maximum Gasteiger partial charge on any atom is 0.205 e. The summed E-state index contributed by atoms with van der Waals surface area (Å²) < 4.78 is 0. The second-order valence-electron chi connectivity index (χ2n) is 8.32. The van der Waals surface area contributed by atoms with Crippen LogP contribution in [0.5, 0.6) is 0 Å². The van der Waals surface area contributed by atoms with Gasteiger partial charge >= 0.3 is 0 Å². The van der Waals surface area contributed by atoms with Gasteiger partial charge in [0.15, 0.2) is 5.78 Å². The van der Waals surface area contributed by atoms with Crippen molar-refractivity contribution in [2.24, 2.45) is 0 Å². The molecule has 2 heterocycles. The van der Waals surface area contributed by atoms with Crippen LogP contribution in [-0.2, 0) is 11.3 Å². The molecule has 1 aliphatic heterocycles. The molecule has 1 atom stereocenters. The summed E-state index contributed by atoms with van der Waals surface area (Å²) in [4.78, 5) is 29.1. The van der Waals surface area contributed by atoms with E-state index in [4.69, 9.17) is 34.8 Å². The lowest BCUT2D eigenvalue weighted by Crippen LogP contribution is -2.49. The summed E-state index contributed by atoms with van der Waals surface area (Å²) in [6.07, 6.45) is 1.71. The summed E-state index contributed by atoms with van der Waals surface area (Å²) in [6.45, 7) is 3.54. The van der Waals surface area contributed by atoms with Crippen LogP contribution in [0.3, 0.4) is 0 Å². The Morgan fingerprint density at radius 3 is 2.64 bits per heavy atom. The predicted molar refractivity (Wildman–Crippen MR) is 137 cm³/mol. The first kappa shape index (κ1) is 24.2. The Hall–Kier alpha value is -1.89. The summed E-state index contributed by atoms with van der Waals surface area (Å²) >= 11 is 19.8. The molecule has 1 aromatic heterocycles. The third-order valence-electron chi connectivity index (χ3n) is 6.16. The molecule has 0 spiro atoms. The van der Waals surface area contributed by atoms with Crippen LogP contribution in [0, 0.1) is 0 Å². The number of carbonyl (C=O) groups is 2. The van der Waals surface area contributed by atoms with Crippen LogP contribution in [0.4, 0.5) is 5.69 Å². The highest BCUT2D eigenvalue weighted by molar-refractivity contribution is 7.12. The van der Waals surface area contributed by atoms with Gasteiger partial charge < -0.3 is 5.32 Å². The zero-order valence-corrected chi connectivity index (χ0v) is 21.1. The number of Topliss-reactive ketones (excluding diaryl/α,β-unsaturated/α-hetero) is 1. The summed E-state index contributed by atoms with van der Waals surface area (Å²) in [5.74, 6) is -0.0414. The van der Waals surface area contributed by atoms with Gasteiger partial charge in [0.25, 0.3) is 0 Å². The summed E-state index contributed by atoms with van der Waals surface area (Å²) in [5.41, 5.74) is 1.47. The molecule has 1 fully saturated rings. The monoisotopic (exact) mass is 520 g/mol. The van der Waals surface area contributed by atoms with Crippen molar-refractivity contribution in [3.05, 3.63) is 85.0 Å². The van der Waals surface area contributed by atoms with E-state index in [1.807, 2.05) is 30.5 Å². The Morgan fingerprint density at radius 1 is 1.09 bits per heavy atom. The summed E-state index contributed by atoms with van der Waals surface area (Å²) in [6, 6.07) is 14.3. The van der Waals surface area contributed by atoms with Crippen LogP contribution in [0.25, 0.3) is 0 Å². The number of ketones is 2. The van der Waals surface area contributed by atoms with Crippen LogP contribution in [0.2, 0.25) is 15.1 Å². The Labute approximate surface area is 212 Å². The van der Waals surface area contributed by atoms with Crippen molar-refractivity contribution in [3.63, 3.8) is 0 Å². The van der Waals surface area contributed by atoms with E-state index in [2.05, 4.69) is 10.2 Å². The van der Waals surface area contributed by atoms with E-state index in [0.717, 1.165) is 24.9 Å². The number of nitrogens with one attached hydrogen (secondary N) is 1. The third-order valence-corrected chi connectivity index (χ3v) is 8.00. The van der Waals surface area contributed by atoms with E-state index in [0.29, 0.717) is 37.7 Å². The fourth-order valence-corrected chi connectivity index (χ4v) is 5.38. The van der Waals surface area contributed by atoms with Gasteiger partial charge in [-0.2, -0.15) is 0 Å². The molecule has 8 heteroatoms. The Balaban J connectivity index is 1.49. The predicted octanol–water partition coefficient (Wildman–Crippen LogP) is 6.98. The molecule has 33 heavy (non-hydrogen) atoms. The van der Waals surface area contributed by atoms with Crippen molar-refractivity contribution in [2.45, 2.75) is 31.8 Å². The van der Waals surface area contributed by atoms with Crippen LogP contribution >= 0.6 is 46.1 Å². The lowest BCUT2D eigenvalue weighted by Gasteiger charge is -2.34. The van der Waals surface area contributed by atoms with Crippen molar-refractivity contribution in [2.75, 3.05) is 18.4 Å². The average molecular weight is 522 g/mol. The van der Waals surface area contributed by atoms with Crippen molar-refractivity contribution < 1.29 is 9.59 Å². The molecule has 0 radical (unpaired) electrons. The fraction of sp³-hybridized carbons (Fsp3) is 0.280. The zero-order valence-electron chi connectivity index (χ0n) is 18.0. The van der Waals surface area contributed by atoms with Crippen LogP contribution < -0.4 is 5.32 Å². The van der Waals surface area contributed by atoms with Gasteiger partial charge in [-0.15, -0.1) is 11.3 Å². The number of hydrogen-bond acceptors (Lipinski definition) is 5. The van der Waals surface area contributed by atoms with Crippen LogP contribution in [-0.4, -0.2) is 35.1 Å². The number of anilines is 1. The minimum absolute atomic E-state index is 0.0736. The molecule has 0 bridgehead atoms. The molecule has 1 aliphatic rings. The largest absolute Gasteiger partial charge is 0.377 e. The number of hydrogen-bond donors (Lipinski definition) is 1. The van der Waals surface area contributed by atoms with Crippen LogP contribution in [0.1, 0.15) is 40.6 Å². The highest BCUT2D eigenvalue weighted by atomic mass is 35.5. The first-order valence-electron chi connectivity index (χ1n) is 10.6. The van der Waals surface area contributed by atoms with Crippen molar-refractivity contribution in [1.29, 1.82) is 0 Å². The molecular weight excluding hydrogens is 499 g/mol. The van der Waals surface area contributed by atoms with Crippen LogP contribution in [0.15, 0.2) is 53.9 Å².